The molecule has 0 bridgehead atoms. The first-order chi connectivity index (χ1) is 8.65. The van der Waals surface area contributed by atoms with Crippen molar-refractivity contribution in [3.63, 3.8) is 0 Å². The van der Waals surface area contributed by atoms with E-state index in [4.69, 9.17) is 0 Å². The van der Waals surface area contributed by atoms with Crippen molar-refractivity contribution in [2.75, 3.05) is 26.2 Å². The predicted molar refractivity (Wildman–Crippen MR) is 82.6 cm³/mol. The number of rotatable bonds is 2. The lowest BCUT2D eigenvalue weighted by atomic mass is 10.1. The summed E-state index contributed by atoms with van der Waals surface area (Å²) in [5.74, 6) is 0. The molecule has 3 nitrogen and oxygen atoms in total. The minimum Gasteiger partial charge on any atom is -0.308 e. The highest BCUT2D eigenvalue weighted by molar-refractivity contribution is 4.94. The van der Waals surface area contributed by atoms with Crippen LogP contribution < -0.4 is 5.32 Å². The van der Waals surface area contributed by atoms with Crippen LogP contribution in [0.2, 0.25) is 0 Å². The average Bonchev–Trinajstić information content (AvgIpc) is 2.80. The Kier molecular flexibility index (Phi) is 4.29. The Balaban J connectivity index is 1.82. The SMILES string of the molecule is CC(C)(C)NC1CCN(C2CCN(C(C)(C)C)C2)C1. The standard InChI is InChI=1S/C16H33N3/c1-15(2,3)17-13-7-9-18(11-13)14-8-10-19(12-14)16(4,5)6/h13-14,17H,7-12H2,1-6H3. The van der Waals surface area contributed by atoms with Gasteiger partial charge in [0, 0.05) is 49.3 Å². The molecule has 0 aromatic heterocycles. The second-order valence-electron chi connectivity index (χ2n) is 8.43. The van der Waals surface area contributed by atoms with Crippen molar-refractivity contribution in [1.82, 2.24) is 15.1 Å². The van der Waals surface area contributed by atoms with Crippen molar-refractivity contribution in [3.8, 4) is 0 Å². The van der Waals surface area contributed by atoms with Crippen LogP contribution in [0, 0.1) is 0 Å². The van der Waals surface area contributed by atoms with E-state index in [9.17, 15) is 0 Å². The molecule has 112 valence electrons. The molecule has 0 amide bonds. The van der Waals surface area contributed by atoms with Gasteiger partial charge in [0.2, 0.25) is 0 Å². The maximum absolute atomic E-state index is 3.76. The lowest BCUT2D eigenvalue weighted by Crippen LogP contribution is -2.46. The van der Waals surface area contributed by atoms with Gasteiger partial charge in [-0.25, -0.2) is 0 Å². The highest BCUT2D eigenvalue weighted by Crippen LogP contribution is 2.26. The topological polar surface area (TPSA) is 18.5 Å². The molecular weight excluding hydrogens is 234 g/mol. The van der Waals surface area contributed by atoms with Gasteiger partial charge in [-0.05, 0) is 54.4 Å². The van der Waals surface area contributed by atoms with Gasteiger partial charge >= 0.3 is 0 Å². The Morgan fingerprint density at radius 3 is 2.11 bits per heavy atom. The molecule has 2 heterocycles. The van der Waals surface area contributed by atoms with Crippen molar-refractivity contribution in [2.24, 2.45) is 0 Å². The number of nitrogens with one attached hydrogen (secondary N) is 1. The first-order valence-corrected chi connectivity index (χ1v) is 7.92. The van der Waals surface area contributed by atoms with Crippen molar-refractivity contribution in [3.05, 3.63) is 0 Å². The summed E-state index contributed by atoms with van der Waals surface area (Å²) in [5, 5.41) is 3.76. The van der Waals surface area contributed by atoms with E-state index in [-0.39, 0.29) is 5.54 Å². The van der Waals surface area contributed by atoms with Gasteiger partial charge in [-0.2, -0.15) is 0 Å². The molecule has 2 atom stereocenters. The number of hydrogen-bond acceptors (Lipinski definition) is 3. The average molecular weight is 267 g/mol. The molecule has 0 aliphatic carbocycles. The largest absolute Gasteiger partial charge is 0.308 e. The summed E-state index contributed by atoms with van der Waals surface area (Å²) in [6.07, 6.45) is 2.66. The quantitative estimate of drug-likeness (QED) is 0.828. The van der Waals surface area contributed by atoms with Gasteiger partial charge in [-0.1, -0.05) is 0 Å². The van der Waals surface area contributed by atoms with E-state index >= 15 is 0 Å². The van der Waals surface area contributed by atoms with E-state index in [0.717, 1.165) is 6.04 Å². The molecule has 2 saturated heterocycles. The molecule has 1 N–H and O–H groups in total. The minimum absolute atomic E-state index is 0.244. The molecule has 2 aliphatic heterocycles. The van der Waals surface area contributed by atoms with Crippen LogP contribution >= 0.6 is 0 Å². The fraction of sp³-hybridized carbons (Fsp3) is 1.00. The van der Waals surface area contributed by atoms with E-state index in [1.807, 2.05) is 0 Å². The van der Waals surface area contributed by atoms with Crippen LogP contribution in [0.5, 0.6) is 0 Å². The van der Waals surface area contributed by atoms with Crippen LogP contribution in [0.3, 0.4) is 0 Å². The molecule has 0 aromatic carbocycles. The van der Waals surface area contributed by atoms with Crippen molar-refractivity contribution in [1.29, 1.82) is 0 Å². The summed E-state index contributed by atoms with van der Waals surface area (Å²) in [6, 6.07) is 1.47. The zero-order valence-corrected chi connectivity index (χ0v) is 13.8. The van der Waals surface area contributed by atoms with Crippen LogP contribution in [-0.4, -0.2) is 59.1 Å². The number of nitrogens with zero attached hydrogens (tertiary/aromatic N) is 2. The Morgan fingerprint density at radius 1 is 0.895 bits per heavy atom. The minimum atomic E-state index is 0.244. The van der Waals surface area contributed by atoms with E-state index in [2.05, 4.69) is 56.7 Å². The van der Waals surface area contributed by atoms with E-state index in [1.165, 1.54) is 39.0 Å². The second-order valence-corrected chi connectivity index (χ2v) is 8.43. The van der Waals surface area contributed by atoms with Gasteiger partial charge in [0.05, 0.1) is 0 Å². The van der Waals surface area contributed by atoms with E-state index in [1.54, 1.807) is 0 Å². The monoisotopic (exact) mass is 267 g/mol. The summed E-state index contributed by atoms with van der Waals surface area (Å²) >= 11 is 0. The molecule has 0 radical (unpaired) electrons. The summed E-state index contributed by atoms with van der Waals surface area (Å²) in [6.45, 7) is 18.9. The van der Waals surface area contributed by atoms with Crippen molar-refractivity contribution >= 4 is 0 Å². The molecule has 2 fully saturated rings. The van der Waals surface area contributed by atoms with Crippen LogP contribution in [-0.2, 0) is 0 Å². The van der Waals surface area contributed by atoms with Gasteiger partial charge in [-0.15, -0.1) is 0 Å². The normalized spacial score (nSPS) is 31.3. The third kappa shape index (κ3) is 4.17. The predicted octanol–water partition coefficient (Wildman–Crippen LogP) is 2.32. The highest BCUT2D eigenvalue weighted by Gasteiger charge is 2.36. The number of likely N-dealkylation sites (tertiary alicyclic amines) is 2. The van der Waals surface area contributed by atoms with Crippen LogP contribution in [0.25, 0.3) is 0 Å². The third-order valence-corrected chi connectivity index (χ3v) is 4.49. The van der Waals surface area contributed by atoms with Gasteiger partial charge < -0.3 is 5.32 Å². The lowest BCUT2D eigenvalue weighted by Gasteiger charge is -2.33. The Labute approximate surface area is 119 Å². The highest BCUT2D eigenvalue weighted by atomic mass is 15.3. The molecule has 0 aromatic rings. The molecule has 2 unspecified atom stereocenters. The summed E-state index contributed by atoms with van der Waals surface area (Å²) in [4.78, 5) is 5.36. The molecular formula is C16H33N3. The lowest BCUT2D eigenvalue weighted by molar-refractivity contribution is 0.151. The molecule has 2 aliphatic rings. The number of hydrogen-bond donors (Lipinski definition) is 1. The molecule has 0 saturated carbocycles. The van der Waals surface area contributed by atoms with Crippen LogP contribution in [0.1, 0.15) is 54.4 Å². The van der Waals surface area contributed by atoms with Crippen molar-refractivity contribution in [2.45, 2.75) is 77.5 Å². The summed E-state index contributed by atoms with van der Waals surface area (Å²) in [5.41, 5.74) is 0.575. The molecule has 19 heavy (non-hydrogen) atoms. The second kappa shape index (κ2) is 5.34. The van der Waals surface area contributed by atoms with Crippen molar-refractivity contribution < 1.29 is 0 Å². The maximum Gasteiger partial charge on any atom is 0.0236 e. The molecule has 0 spiro atoms. The van der Waals surface area contributed by atoms with Gasteiger partial charge in [0.1, 0.15) is 0 Å². The molecule has 3 heteroatoms. The third-order valence-electron chi connectivity index (χ3n) is 4.49. The van der Waals surface area contributed by atoms with Gasteiger partial charge in [-0.3, -0.25) is 9.80 Å². The van der Waals surface area contributed by atoms with Crippen LogP contribution in [0.15, 0.2) is 0 Å². The fourth-order valence-corrected chi connectivity index (χ4v) is 3.50. The summed E-state index contributed by atoms with van der Waals surface area (Å²) in [7, 11) is 0. The summed E-state index contributed by atoms with van der Waals surface area (Å²) < 4.78 is 0. The first-order valence-electron chi connectivity index (χ1n) is 7.92. The first kappa shape index (κ1) is 15.3. The van der Waals surface area contributed by atoms with E-state index in [0.29, 0.717) is 11.6 Å². The zero-order chi connectivity index (χ0) is 14.3. The van der Waals surface area contributed by atoms with Gasteiger partial charge in [0.15, 0.2) is 0 Å². The Bertz CT molecular complexity index is 300. The van der Waals surface area contributed by atoms with Gasteiger partial charge in [0.25, 0.3) is 0 Å². The molecule has 2 rings (SSSR count). The van der Waals surface area contributed by atoms with Crippen LogP contribution in [0.4, 0.5) is 0 Å². The van der Waals surface area contributed by atoms with E-state index < -0.39 is 0 Å². The Hall–Kier alpha value is -0.120. The maximum atomic E-state index is 3.76. The Morgan fingerprint density at radius 2 is 1.58 bits per heavy atom. The zero-order valence-electron chi connectivity index (χ0n) is 13.8. The smallest absolute Gasteiger partial charge is 0.0236 e. The fourth-order valence-electron chi connectivity index (χ4n) is 3.50.